The maximum atomic E-state index is 5.60. The molecular formula is C12H21N5. The van der Waals surface area contributed by atoms with Crippen LogP contribution in [0.5, 0.6) is 0 Å². The number of hydrogen-bond donors (Lipinski definition) is 1. The van der Waals surface area contributed by atoms with Gasteiger partial charge in [-0.25, -0.2) is 0 Å². The average molecular weight is 235 g/mol. The van der Waals surface area contributed by atoms with Gasteiger partial charge in [0.1, 0.15) is 0 Å². The Labute approximate surface area is 103 Å². The van der Waals surface area contributed by atoms with Crippen molar-refractivity contribution in [3.63, 3.8) is 0 Å². The van der Waals surface area contributed by atoms with E-state index >= 15 is 0 Å². The van der Waals surface area contributed by atoms with Crippen LogP contribution in [0.15, 0.2) is 12.1 Å². The van der Waals surface area contributed by atoms with E-state index in [0.717, 1.165) is 57.2 Å². The monoisotopic (exact) mass is 235 g/mol. The SMILES string of the molecule is Cc1ccc(N2CCCN(CCN)CC2)nn1. The number of aromatic nitrogens is 2. The molecule has 0 spiro atoms. The molecule has 1 aliphatic heterocycles. The molecule has 1 fully saturated rings. The van der Waals surface area contributed by atoms with Gasteiger partial charge >= 0.3 is 0 Å². The summed E-state index contributed by atoms with van der Waals surface area (Å²) < 4.78 is 0. The number of nitrogens with zero attached hydrogens (tertiary/aromatic N) is 4. The summed E-state index contributed by atoms with van der Waals surface area (Å²) in [6.07, 6.45) is 1.16. The van der Waals surface area contributed by atoms with E-state index < -0.39 is 0 Å². The molecule has 0 radical (unpaired) electrons. The predicted octanol–water partition coefficient (Wildman–Crippen LogP) is 0.256. The lowest BCUT2D eigenvalue weighted by Gasteiger charge is -2.21. The van der Waals surface area contributed by atoms with Gasteiger partial charge in [-0.2, -0.15) is 5.10 Å². The lowest BCUT2D eigenvalue weighted by atomic mass is 10.3. The van der Waals surface area contributed by atoms with E-state index in [2.05, 4.69) is 26.1 Å². The molecule has 17 heavy (non-hydrogen) atoms. The van der Waals surface area contributed by atoms with Crippen molar-refractivity contribution in [1.29, 1.82) is 0 Å². The van der Waals surface area contributed by atoms with Crippen LogP contribution < -0.4 is 10.6 Å². The molecule has 5 heteroatoms. The predicted molar refractivity (Wildman–Crippen MR) is 69.1 cm³/mol. The Morgan fingerprint density at radius 2 is 2.06 bits per heavy atom. The summed E-state index contributed by atoms with van der Waals surface area (Å²) in [5.41, 5.74) is 6.56. The number of rotatable bonds is 3. The standard InChI is InChI=1S/C12H21N5/c1-11-3-4-12(15-14-11)17-7-2-6-16(8-5-13)9-10-17/h3-4H,2,5-10,13H2,1H3. The van der Waals surface area contributed by atoms with Crippen molar-refractivity contribution in [2.24, 2.45) is 5.73 Å². The van der Waals surface area contributed by atoms with Crippen LogP contribution in [0.25, 0.3) is 0 Å². The minimum Gasteiger partial charge on any atom is -0.354 e. The molecule has 0 atom stereocenters. The van der Waals surface area contributed by atoms with Crippen LogP contribution in [0, 0.1) is 6.92 Å². The van der Waals surface area contributed by atoms with Crippen molar-refractivity contribution in [3.05, 3.63) is 17.8 Å². The van der Waals surface area contributed by atoms with Crippen LogP contribution in [-0.4, -0.2) is 54.4 Å². The molecule has 1 saturated heterocycles. The van der Waals surface area contributed by atoms with Crippen molar-refractivity contribution < 1.29 is 0 Å². The summed E-state index contributed by atoms with van der Waals surface area (Å²) in [5, 5.41) is 8.36. The Kier molecular flexibility index (Phi) is 4.28. The average Bonchev–Trinajstić information content (AvgIpc) is 2.56. The number of anilines is 1. The molecule has 0 bridgehead atoms. The molecular weight excluding hydrogens is 214 g/mol. The summed E-state index contributed by atoms with van der Waals surface area (Å²) in [4.78, 5) is 4.73. The molecule has 2 N–H and O–H groups in total. The zero-order valence-corrected chi connectivity index (χ0v) is 10.5. The second-order valence-electron chi connectivity index (χ2n) is 4.50. The van der Waals surface area contributed by atoms with Crippen LogP contribution in [-0.2, 0) is 0 Å². The van der Waals surface area contributed by atoms with Crippen LogP contribution >= 0.6 is 0 Å². The highest BCUT2D eigenvalue weighted by molar-refractivity contribution is 5.37. The maximum absolute atomic E-state index is 5.60. The van der Waals surface area contributed by atoms with Gasteiger partial charge in [0.05, 0.1) is 5.69 Å². The lowest BCUT2D eigenvalue weighted by molar-refractivity contribution is 0.302. The minimum atomic E-state index is 0.740. The minimum absolute atomic E-state index is 0.740. The van der Waals surface area contributed by atoms with Crippen LogP contribution in [0.3, 0.4) is 0 Å². The molecule has 1 aromatic heterocycles. The van der Waals surface area contributed by atoms with Crippen LogP contribution in [0.4, 0.5) is 5.82 Å². The molecule has 1 aromatic rings. The summed E-state index contributed by atoms with van der Waals surface area (Å²) in [6.45, 7) is 7.95. The summed E-state index contributed by atoms with van der Waals surface area (Å²) >= 11 is 0. The fraction of sp³-hybridized carbons (Fsp3) is 0.667. The van der Waals surface area contributed by atoms with Gasteiger partial charge in [0.2, 0.25) is 0 Å². The van der Waals surface area contributed by atoms with E-state index in [1.54, 1.807) is 0 Å². The van der Waals surface area contributed by atoms with Crippen molar-refractivity contribution in [3.8, 4) is 0 Å². The third-order valence-corrected chi connectivity index (χ3v) is 3.14. The molecule has 0 aromatic carbocycles. The second-order valence-corrected chi connectivity index (χ2v) is 4.50. The van der Waals surface area contributed by atoms with E-state index in [1.165, 1.54) is 0 Å². The van der Waals surface area contributed by atoms with Crippen LogP contribution in [0.1, 0.15) is 12.1 Å². The Hall–Kier alpha value is -1.20. The highest BCUT2D eigenvalue weighted by Crippen LogP contribution is 2.12. The molecule has 0 unspecified atom stereocenters. The quantitative estimate of drug-likeness (QED) is 0.814. The largest absolute Gasteiger partial charge is 0.354 e. The van der Waals surface area contributed by atoms with Crippen molar-refractivity contribution in [2.75, 3.05) is 44.2 Å². The highest BCUT2D eigenvalue weighted by Gasteiger charge is 2.15. The van der Waals surface area contributed by atoms with Gasteiger partial charge in [-0.05, 0) is 32.0 Å². The van der Waals surface area contributed by atoms with Crippen molar-refractivity contribution in [2.45, 2.75) is 13.3 Å². The van der Waals surface area contributed by atoms with E-state index in [-0.39, 0.29) is 0 Å². The van der Waals surface area contributed by atoms with E-state index in [4.69, 9.17) is 5.73 Å². The van der Waals surface area contributed by atoms with Crippen LogP contribution in [0.2, 0.25) is 0 Å². The summed E-state index contributed by atoms with van der Waals surface area (Å²) in [6, 6.07) is 4.08. The number of nitrogens with two attached hydrogens (primary N) is 1. The van der Waals surface area contributed by atoms with Gasteiger partial charge in [0.15, 0.2) is 5.82 Å². The Bertz CT molecular complexity index is 337. The molecule has 2 rings (SSSR count). The first-order valence-electron chi connectivity index (χ1n) is 6.27. The molecule has 0 amide bonds. The normalized spacial score (nSPS) is 18.1. The second kappa shape index (κ2) is 5.93. The Morgan fingerprint density at radius 1 is 1.18 bits per heavy atom. The molecule has 2 heterocycles. The zero-order chi connectivity index (χ0) is 12.1. The first-order chi connectivity index (χ1) is 8.29. The summed E-state index contributed by atoms with van der Waals surface area (Å²) in [7, 11) is 0. The van der Waals surface area contributed by atoms with Gasteiger partial charge in [0, 0.05) is 32.7 Å². The van der Waals surface area contributed by atoms with Gasteiger partial charge in [-0.3, -0.25) is 0 Å². The summed E-state index contributed by atoms with van der Waals surface area (Å²) in [5.74, 6) is 0.991. The van der Waals surface area contributed by atoms with Gasteiger partial charge in [0.25, 0.3) is 0 Å². The topological polar surface area (TPSA) is 58.3 Å². The molecule has 94 valence electrons. The number of hydrogen-bond acceptors (Lipinski definition) is 5. The van der Waals surface area contributed by atoms with Crippen molar-refractivity contribution >= 4 is 5.82 Å². The highest BCUT2D eigenvalue weighted by atomic mass is 15.3. The molecule has 1 aliphatic rings. The van der Waals surface area contributed by atoms with Gasteiger partial charge in [-0.1, -0.05) is 0 Å². The number of aryl methyl sites for hydroxylation is 1. The smallest absolute Gasteiger partial charge is 0.151 e. The fourth-order valence-electron chi connectivity index (χ4n) is 2.17. The first-order valence-corrected chi connectivity index (χ1v) is 6.27. The Morgan fingerprint density at radius 3 is 2.76 bits per heavy atom. The van der Waals surface area contributed by atoms with E-state index in [0.29, 0.717) is 0 Å². The van der Waals surface area contributed by atoms with Gasteiger partial charge < -0.3 is 15.5 Å². The molecule has 0 saturated carbocycles. The van der Waals surface area contributed by atoms with E-state index in [9.17, 15) is 0 Å². The lowest BCUT2D eigenvalue weighted by Crippen LogP contribution is -2.34. The Balaban J connectivity index is 1.96. The maximum Gasteiger partial charge on any atom is 0.151 e. The third-order valence-electron chi connectivity index (χ3n) is 3.14. The molecule has 0 aliphatic carbocycles. The zero-order valence-electron chi connectivity index (χ0n) is 10.5. The van der Waals surface area contributed by atoms with Crippen molar-refractivity contribution in [1.82, 2.24) is 15.1 Å². The third kappa shape index (κ3) is 3.38. The molecule has 5 nitrogen and oxygen atoms in total. The first kappa shape index (κ1) is 12.3. The van der Waals surface area contributed by atoms with Gasteiger partial charge in [-0.15, -0.1) is 5.10 Å². The fourth-order valence-corrected chi connectivity index (χ4v) is 2.17. The van der Waals surface area contributed by atoms with E-state index in [1.807, 2.05) is 13.0 Å².